The van der Waals surface area contributed by atoms with Gasteiger partial charge in [-0.25, -0.2) is 0 Å². The predicted molar refractivity (Wildman–Crippen MR) is 82.9 cm³/mol. The van der Waals surface area contributed by atoms with Crippen LogP contribution in [0.2, 0.25) is 0 Å². The minimum Gasteiger partial charge on any atom is -0.481 e. The van der Waals surface area contributed by atoms with Crippen LogP contribution in [-0.2, 0) is 9.59 Å². The average molecular weight is 305 g/mol. The van der Waals surface area contributed by atoms with Crippen molar-refractivity contribution in [2.75, 3.05) is 13.1 Å². The minimum atomic E-state index is -0.771. The van der Waals surface area contributed by atoms with Gasteiger partial charge in [0, 0.05) is 13.1 Å². The maximum atomic E-state index is 12.5. The normalized spacial score (nSPS) is 17.1. The largest absolute Gasteiger partial charge is 0.481 e. The van der Waals surface area contributed by atoms with E-state index in [0.717, 1.165) is 16.9 Å². The summed E-state index contributed by atoms with van der Waals surface area (Å²) in [5.74, 6) is -0.430. The van der Waals surface area contributed by atoms with E-state index in [9.17, 15) is 9.59 Å². The van der Waals surface area contributed by atoms with E-state index < -0.39 is 12.1 Å². The van der Waals surface area contributed by atoms with E-state index in [1.807, 2.05) is 32.0 Å². The van der Waals surface area contributed by atoms with Gasteiger partial charge in [-0.05, 0) is 44.7 Å². The van der Waals surface area contributed by atoms with Crippen LogP contribution in [0.15, 0.2) is 18.2 Å². The lowest BCUT2D eigenvalue weighted by atomic mass is 9.97. The highest BCUT2D eigenvalue weighted by Gasteiger charge is 2.30. The molecule has 1 heterocycles. The van der Waals surface area contributed by atoms with Gasteiger partial charge in [-0.2, -0.15) is 0 Å². The van der Waals surface area contributed by atoms with Crippen molar-refractivity contribution in [1.29, 1.82) is 0 Å². The number of para-hydroxylation sites is 1. The fourth-order valence-corrected chi connectivity index (χ4v) is 2.82. The molecule has 0 spiro atoms. The first-order chi connectivity index (χ1) is 10.4. The van der Waals surface area contributed by atoms with Crippen LogP contribution in [0.5, 0.6) is 5.75 Å². The molecule has 5 nitrogen and oxygen atoms in total. The number of carboxylic acid groups (broad SMARTS) is 1. The summed E-state index contributed by atoms with van der Waals surface area (Å²) in [5, 5.41) is 9.00. The van der Waals surface area contributed by atoms with Crippen LogP contribution in [0.25, 0.3) is 0 Å². The highest BCUT2D eigenvalue weighted by molar-refractivity contribution is 5.81. The molecule has 1 aromatic rings. The molecule has 1 aromatic carbocycles. The molecule has 0 aromatic heterocycles. The highest BCUT2D eigenvalue weighted by Crippen LogP contribution is 2.25. The van der Waals surface area contributed by atoms with Crippen LogP contribution in [0.4, 0.5) is 0 Å². The number of likely N-dealkylation sites (tertiary alicyclic amines) is 1. The molecule has 1 fully saturated rings. The van der Waals surface area contributed by atoms with Crippen molar-refractivity contribution in [1.82, 2.24) is 4.90 Å². The van der Waals surface area contributed by atoms with Gasteiger partial charge >= 0.3 is 5.97 Å². The average Bonchev–Trinajstić information content (AvgIpc) is 2.50. The number of ether oxygens (including phenoxy) is 1. The molecular weight excluding hydrogens is 282 g/mol. The van der Waals surface area contributed by atoms with Gasteiger partial charge < -0.3 is 14.7 Å². The third-order valence-corrected chi connectivity index (χ3v) is 4.21. The number of nitrogens with zero attached hydrogens (tertiary/aromatic N) is 1. The molecular formula is C17H23NO4. The first kappa shape index (κ1) is 16.3. The summed E-state index contributed by atoms with van der Waals surface area (Å²) < 4.78 is 5.86. The zero-order chi connectivity index (χ0) is 16.3. The van der Waals surface area contributed by atoms with Crippen molar-refractivity contribution < 1.29 is 19.4 Å². The smallest absolute Gasteiger partial charge is 0.306 e. The zero-order valence-corrected chi connectivity index (χ0v) is 13.3. The van der Waals surface area contributed by atoms with Gasteiger partial charge in [0.25, 0.3) is 5.91 Å². The topological polar surface area (TPSA) is 66.8 Å². The summed E-state index contributed by atoms with van der Waals surface area (Å²) in [5.41, 5.74) is 2.01. The SMILES string of the molecule is Cc1cccc(C)c1OC(C)C(=O)N1CCC(C(=O)O)CC1. The summed E-state index contributed by atoms with van der Waals surface area (Å²) in [6.45, 7) is 6.62. The molecule has 1 unspecified atom stereocenters. The van der Waals surface area contributed by atoms with Crippen molar-refractivity contribution in [2.24, 2.45) is 5.92 Å². The van der Waals surface area contributed by atoms with E-state index in [4.69, 9.17) is 9.84 Å². The lowest BCUT2D eigenvalue weighted by Crippen LogP contribution is -2.45. The number of rotatable bonds is 4. The van der Waals surface area contributed by atoms with Gasteiger partial charge in [0.15, 0.2) is 6.10 Å². The second-order valence-electron chi connectivity index (χ2n) is 5.92. The zero-order valence-electron chi connectivity index (χ0n) is 13.3. The van der Waals surface area contributed by atoms with Crippen molar-refractivity contribution in [3.8, 4) is 5.75 Å². The Morgan fingerprint density at radius 1 is 1.23 bits per heavy atom. The highest BCUT2D eigenvalue weighted by atomic mass is 16.5. The number of piperidine rings is 1. The van der Waals surface area contributed by atoms with Crippen LogP contribution in [0.1, 0.15) is 30.9 Å². The van der Waals surface area contributed by atoms with Crippen LogP contribution < -0.4 is 4.74 Å². The van der Waals surface area contributed by atoms with E-state index >= 15 is 0 Å². The lowest BCUT2D eigenvalue weighted by molar-refractivity contribution is -0.147. The molecule has 1 aliphatic heterocycles. The van der Waals surface area contributed by atoms with Crippen molar-refractivity contribution >= 4 is 11.9 Å². The number of hydrogen-bond donors (Lipinski definition) is 1. The van der Waals surface area contributed by atoms with Crippen molar-refractivity contribution in [3.63, 3.8) is 0 Å². The number of carboxylic acids is 1. The quantitative estimate of drug-likeness (QED) is 0.927. The Morgan fingerprint density at radius 2 is 1.77 bits per heavy atom. The molecule has 2 rings (SSSR count). The monoisotopic (exact) mass is 305 g/mol. The van der Waals surface area contributed by atoms with Gasteiger partial charge in [0.2, 0.25) is 0 Å². The van der Waals surface area contributed by atoms with Gasteiger partial charge in [-0.1, -0.05) is 18.2 Å². The Balaban J connectivity index is 1.97. The van der Waals surface area contributed by atoms with Crippen LogP contribution in [-0.4, -0.2) is 41.1 Å². The van der Waals surface area contributed by atoms with Gasteiger partial charge in [-0.3, -0.25) is 9.59 Å². The molecule has 22 heavy (non-hydrogen) atoms. The molecule has 0 aliphatic carbocycles. The molecule has 0 radical (unpaired) electrons. The molecule has 0 saturated carbocycles. The maximum Gasteiger partial charge on any atom is 0.306 e. The molecule has 1 amide bonds. The van der Waals surface area contributed by atoms with Crippen LogP contribution in [0, 0.1) is 19.8 Å². The lowest BCUT2D eigenvalue weighted by Gasteiger charge is -2.32. The van der Waals surface area contributed by atoms with Crippen molar-refractivity contribution in [3.05, 3.63) is 29.3 Å². The summed E-state index contributed by atoms with van der Waals surface area (Å²) in [4.78, 5) is 25.1. The molecule has 1 saturated heterocycles. The Hall–Kier alpha value is -2.04. The number of carbonyl (C=O) groups is 2. The van der Waals surface area contributed by atoms with E-state index in [1.165, 1.54) is 0 Å². The number of carbonyl (C=O) groups excluding carboxylic acids is 1. The Labute approximate surface area is 130 Å². The van der Waals surface area contributed by atoms with Gasteiger partial charge in [0.1, 0.15) is 5.75 Å². The first-order valence-electron chi connectivity index (χ1n) is 7.64. The van der Waals surface area contributed by atoms with Gasteiger partial charge in [0.05, 0.1) is 5.92 Å². The number of amides is 1. The Kier molecular flexibility index (Phi) is 5.06. The second kappa shape index (κ2) is 6.81. The van der Waals surface area contributed by atoms with E-state index in [0.29, 0.717) is 25.9 Å². The number of benzene rings is 1. The molecule has 1 aliphatic rings. The third kappa shape index (κ3) is 3.59. The number of hydrogen-bond acceptors (Lipinski definition) is 3. The third-order valence-electron chi connectivity index (χ3n) is 4.21. The standard InChI is InChI=1S/C17H23NO4/c1-11-5-4-6-12(2)15(11)22-13(3)16(19)18-9-7-14(8-10-18)17(20)21/h4-6,13-14H,7-10H2,1-3H3,(H,20,21). The molecule has 120 valence electrons. The Bertz CT molecular complexity index is 542. The molecule has 1 atom stereocenters. The van der Waals surface area contributed by atoms with E-state index in [-0.39, 0.29) is 11.8 Å². The number of aliphatic carboxylic acids is 1. The second-order valence-corrected chi connectivity index (χ2v) is 5.92. The summed E-state index contributed by atoms with van der Waals surface area (Å²) in [6.07, 6.45) is 0.454. The maximum absolute atomic E-state index is 12.5. The van der Waals surface area contributed by atoms with E-state index in [2.05, 4.69) is 0 Å². The summed E-state index contributed by atoms with van der Waals surface area (Å²) >= 11 is 0. The Morgan fingerprint density at radius 3 is 2.27 bits per heavy atom. The minimum absolute atomic E-state index is 0.0773. The van der Waals surface area contributed by atoms with Gasteiger partial charge in [-0.15, -0.1) is 0 Å². The van der Waals surface area contributed by atoms with E-state index in [1.54, 1.807) is 11.8 Å². The summed E-state index contributed by atoms with van der Waals surface area (Å²) in [6, 6.07) is 5.87. The van der Waals surface area contributed by atoms with Crippen LogP contribution in [0.3, 0.4) is 0 Å². The fourth-order valence-electron chi connectivity index (χ4n) is 2.82. The predicted octanol–water partition coefficient (Wildman–Crippen LogP) is 2.39. The number of aryl methyl sites for hydroxylation is 2. The molecule has 5 heteroatoms. The fraction of sp³-hybridized carbons (Fsp3) is 0.529. The summed E-state index contributed by atoms with van der Waals surface area (Å²) in [7, 11) is 0. The van der Waals surface area contributed by atoms with Crippen molar-refractivity contribution in [2.45, 2.75) is 39.7 Å². The van der Waals surface area contributed by atoms with Crippen LogP contribution >= 0.6 is 0 Å². The first-order valence-corrected chi connectivity index (χ1v) is 7.64. The molecule has 1 N–H and O–H groups in total. The molecule has 0 bridgehead atoms.